The van der Waals surface area contributed by atoms with Gasteiger partial charge in [-0.2, -0.15) is 0 Å². The van der Waals surface area contributed by atoms with Crippen LogP contribution in [0, 0.1) is 5.82 Å². The normalized spacial score (nSPS) is 11.9. The van der Waals surface area contributed by atoms with Crippen LogP contribution in [0.1, 0.15) is 36.9 Å². The third-order valence-electron chi connectivity index (χ3n) is 3.40. The molecule has 1 atom stereocenters. The van der Waals surface area contributed by atoms with Crippen LogP contribution in [0.3, 0.4) is 0 Å². The highest BCUT2D eigenvalue weighted by Crippen LogP contribution is 2.21. The maximum Gasteiger partial charge on any atom is 0.246 e. The van der Waals surface area contributed by atoms with Gasteiger partial charge in [0.1, 0.15) is 12.4 Å². The number of aromatic nitrogens is 1. The molecule has 1 N–H and O–H groups in total. The number of hydrogen-bond acceptors (Lipinski definition) is 3. The maximum atomic E-state index is 13.1. The van der Waals surface area contributed by atoms with Crippen LogP contribution in [0.2, 0.25) is 0 Å². The molecule has 0 radical (unpaired) electrons. The summed E-state index contributed by atoms with van der Waals surface area (Å²) >= 11 is 0. The fourth-order valence-corrected chi connectivity index (χ4v) is 2.17. The minimum atomic E-state index is -0.383. The van der Waals surface area contributed by atoms with Crippen LogP contribution in [0.15, 0.2) is 48.8 Å². The van der Waals surface area contributed by atoms with E-state index in [9.17, 15) is 9.18 Å². The summed E-state index contributed by atoms with van der Waals surface area (Å²) in [4.78, 5) is 16.2. The number of benzene rings is 1. The topological polar surface area (TPSA) is 51.2 Å². The lowest BCUT2D eigenvalue weighted by Gasteiger charge is -2.19. The Hall–Kier alpha value is -2.27. The van der Waals surface area contributed by atoms with E-state index in [0.717, 1.165) is 24.0 Å². The van der Waals surface area contributed by atoms with Gasteiger partial charge in [-0.3, -0.25) is 9.78 Å². The number of unbranched alkanes of at least 4 members (excludes halogenated alkanes) is 1. The molecule has 2 aromatic rings. The molecule has 4 nitrogen and oxygen atoms in total. The van der Waals surface area contributed by atoms with E-state index in [4.69, 9.17) is 4.74 Å². The van der Waals surface area contributed by atoms with Gasteiger partial charge in [-0.05, 0) is 35.7 Å². The number of rotatable bonds is 8. The van der Waals surface area contributed by atoms with Crippen molar-refractivity contribution in [3.63, 3.8) is 0 Å². The first-order valence-electron chi connectivity index (χ1n) is 7.73. The van der Waals surface area contributed by atoms with Crippen molar-refractivity contribution >= 4 is 5.91 Å². The third-order valence-corrected chi connectivity index (χ3v) is 3.40. The van der Waals surface area contributed by atoms with E-state index in [0.29, 0.717) is 6.61 Å². The van der Waals surface area contributed by atoms with Crippen molar-refractivity contribution in [3.05, 3.63) is 65.7 Å². The Morgan fingerprint density at radius 2 is 2.04 bits per heavy atom. The molecule has 0 unspecified atom stereocenters. The van der Waals surface area contributed by atoms with Crippen LogP contribution in [-0.4, -0.2) is 24.1 Å². The quantitative estimate of drug-likeness (QED) is 0.761. The number of amides is 1. The number of pyridine rings is 1. The minimum Gasteiger partial charge on any atom is -0.372 e. The summed E-state index contributed by atoms with van der Waals surface area (Å²) in [6.07, 6.45) is 5.31. The van der Waals surface area contributed by atoms with E-state index >= 15 is 0 Å². The van der Waals surface area contributed by atoms with E-state index in [1.807, 2.05) is 6.07 Å². The number of carbonyl (C=O) groups is 1. The Morgan fingerprint density at radius 1 is 1.26 bits per heavy atom. The second-order valence-electron chi connectivity index (χ2n) is 5.24. The zero-order chi connectivity index (χ0) is 16.5. The summed E-state index contributed by atoms with van der Waals surface area (Å²) in [5.41, 5.74) is 1.63. The molecule has 0 fully saturated rings. The van der Waals surface area contributed by atoms with Gasteiger partial charge in [0.15, 0.2) is 0 Å². The number of nitrogens with one attached hydrogen (secondary N) is 1. The SMILES string of the molecule is CCCCOCC(=O)N[C@@H](c1ccc(F)cc1)c1cccnc1. The smallest absolute Gasteiger partial charge is 0.246 e. The van der Waals surface area contributed by atoms with Crippen LogP contribution in [0.4, 0.5) is 4.39 Å². The summed E-state index contributed by atoms with van der Waals surface area (Å²) in [5.74, 6) is -0.521. The molecule has 0 spiro atoms. The van der Waals surface area contributed by atoms with Crippen LogP contribution in [0.25, 0.3) is 0 Å². The van der Waals surface area contributed by atoms with E-state index in [2.05, 4.69) is 17.2 Å². The number of carbonyl (C=O) groups excluding carboxylic acids is 1. The minimum absolute atomic E-state index is 0.0119. The molecule has 0 bridgehead atoms. The second kappa shape index (κ2) is 9.00. The van der Waals surface area contributed by atoms with Crippen molar-refractivity contribution in [2.45, 2.75) is 25.8 Å². The van der Waals surface area contributed by atoms with Gasteiger partial charge >= 0.3 is 0 Å². The van der Waals surface area contributed by atoms with E-state index in [-0.39, 0.29) is 24.4 Å². The zero-order valence-corrected chi connectivity index (χ0v) is 13.2. The molecule has 0 aliphatic rings. The van der Waals surface area contributed by atoms with Gasteiger partial charge in [0, 0.05) is 19.0 Å². The molecule has 0 saturated carbocycles. The van der Waals surface area contributed by atoms with Gasteiger partial charge in [0.05, 0.1) is 6.04 Å². The molecule has 1 amide bonds. The Balaban J connectivity index is 2.08. The van der Waals surface area contributed by atoms with Crippen molar-refractivity contribution in [2.75, 3.05) is 13.2 Å². The van der Waals surface area contributed by atoms with E-state index in [1.165, 1.54) is 12.1 Å². The average molecular weight is 316 g/mol. The number of hydrogen-bond donors (Lipinski definition) is 1. The summed E-state index contributed by atoms with van der Waals surface area (Å²) in [6, 6.07) is 9.36. The maximum absolute atomic E-state index is 13.1. The van der Waals surface area contributed by atoms with Crippen molar-refractivity contribution < 1.29 is 13.9 Å². The molecule has 23 heavy (non-hydrogen) atoms. The molecule has 5 heteroatoms. The standard InChI is InChI=1S/C18H21FN2O2/c1-2-3-11-23-13-17(22)21-18(15-5-4-10-20-12-15)14-6-8-16(19)9-7-14/h4-10,12,18H,2-3,11,13H2,1H3,(H,21,22)/t18-/m0/s1. The van der Waals surface area contributed by atoms with Crippen molar-refractivity contribution in [3.8, 4) is 0 Å². The molecule has 0 aliphatic heterocycles. The summed E-state index contributed by atoms with van der Waals surface area (Å²) in [7, 11) is 0. The van der Waals surface area contributed by atoms with Gasteiger partial charge in [0.25, 0.3) is 0 Å². The van der Waals surface area contributed by atoms with Gasteiger partial charge in [-0.25, -0.2) is 4.39 Å². The molecule has 0 saturated heterocycles. The van der Waals surface area contributed by atoms with Gasteiger partial charge < -0.3 is 10.1 Å². The Labute approximate surface area is 135 Å². The fraction of sp³-hybridized carbons (Fsp3) is 0.333. The van der Waals surface area contributed by atoms with Gasteiger partial charge in [-0.1, -0.05) is 31.5 Å². The van der Waals surface area contributed by atoms with Crippen LogP contribution < -0.4 is 5.32 Å². The summed E-state index contributed by atoms with van der Waals surface area (Å²) < 4.78 is 18.5. The molecule has 0 aliphatic carbocycles. The Kier molecular flexibility index (Phi) is 6.69. The number of nitrogens with zero attached hydrogens (tertiary/aromatic N) is 1. The second-order valence-corrected chi connectivity index (χ2v) is 5.24. The molecule has 122 valence electrons. The lowest BCUT2D eigenvalue weighted by molar-refractivity contribution is -0.126. The first-order chi connectivity index (χ1) is 11.2. The Bertz CT molecular complexity index is 602. The lowest BCUT2D eigenvalue weighted by Crippen LogP contribution is -2.32. The third kappa shape index (κ3) is 5.45. The number of halogens is 1. The van der Waals surface area contributed by atoms with Gasteiger partial charge in [0.2, 0.25) is 5.91 Å². The van der Waals surface area contributed by atoms with Crippen LogP contribution in [-0.2, 0) is 9.53 Å². The molecular weight excluding hydrogens is 295 g/mol. The first kappa shape index (κ1) is 17.1. The highest BCUT2D eigenvalue weighted by Gasteiger charge is 2.17. The van der Waals surface area contributed by atoms with Crippen LogP contribution in [0.5, 0.6) is 0 Å². The molecule has 1 aromatic heterocycles. The summed E-state index contributed by atoms with van der Waals surface area (Å²) in [5, 5.41) is 2.92. The van der Waals surface area contributed by atoms with Crippen molar-refractivity contribution in [1.29, 1.82) is 0 Å². The average Bonchev–Trinajstić information content (AvgIpc) is 2.58. The largest absolute Gasteiger partial charge is 0.372 e. The molecule has 1 heterocycles. The number of ether oxygens (including phenoxy) is 1. The molecule has 1 aromatic carbocycles. The predicted octanol–water partition coefficient (Wildman–Crippen LogP) is 3.24. The summed E-state index contributed by atoms with van der Waals surface area (Å²) in [6.45, 7) is 2.65. The fourth-order valence-electron chi connectivity index (χ4n) is 2.17. The first-order valence-corrected chi connectivity index (χ1v) is 7.73. The predicted molar refractivity (Wildman–Crippen MR) is 86.3 cm³/mol. The van der Waals surface area contributed by atoms with E-state index in [1.54, 1.807) is 30.6 Å². The van der Waals surface area contributed by atoms with E-state index < -0.39 is 0 Å². The molecule has 2 rings (SSSR count). The monoisotopic (exact) mass is 316 g/mol. The highest BCUT2D eigenvalue weighted by atomic mass is 19.1. The Morgan fingerprint density at radius 3 is 2.70 bits per heavy atom. The zero-order valence-electron chi connectivity index (χ0n) is 13.2. The molecular formula is C18H21FN2O2. The lowest BCUT2D eigenvalue weighted by atomic mass is 10.00. The van der Waals surface area contributed by atoms with Gasteiger partial charge in [-0.15, -0.1) is 0 Å². The van der Waals surface area contributed by atoms with Crippen molar-refractivity contribution in [1.82, 2.24) is 10.3 Å². The van der Waals surface area contributed by atoms with Crippen LogP contribution >= 0.6 is 0 Å². The van der Waals surface area contributed by atoms with Crippen molar-refractivity contribution in [2.24, 2.45) is 0 Å². The highest BCUT2D eigenvalue weighted by molar-refractivity contribution is 5.78.